The zero-order valence-electron chi connectivity index (χ0n) is 12.1. The van der Waals surface area contributed by atoms with Crippen molar-refractivity contribution in [2.75, 3.05) is 0 Å². The van der Waals surface area contributed by atoms with Crippen LogP contribution in [0.2, 0.25) is 0 Å². The highest BCUT2D eigenvalue weighted by Crippen LogP contribution is 2.24. The highest BCUT2D eigenvalue weighted by Gasteiger charge is 2.36. The van der Waals surface area contributed by atoms with E-state index in [1.165, 1.54) is 6.20 Å². The summed E-state index contributed by atoms with van der Waals surface area (Å²) < 4.78 is 7.38. The summed E-state index contributed by atoms with van der Waals surface area (Å²) in [5.74, 6) is 0. The summed E-state index contributed by atoms with van der Waals surface area (Å²) in [6.45, 7) is 7.05. The standard InChI is InChI=1S/C14H17BN3O2/c1-13(2,19)14(3,4)20-15-12-6-5-11-7-10(8-16)9-17-18(11)12/h5-7,9,19H,1-4H3. The maximum Gasteiger partial charge on any atom is 0.351 e. The quantitative estimate of drug-likeness (QED) is 0.842. The molecule has 5 nitrogen and oxygen atoms in total. The first-order valence-corrected chi connectivity index (χ1v) is 6.36. The maximum absolute atomic E-state index is 10.1. The minimum Gasteiger partial charge on any atom is -0.425 e. The predicted molar refractivity (Wildman–Crippen MR) is 76.8 cm³/mol. The van der Waals surface area contributed by atoms with Gasteiger partial charge in [-0.25, -0.2) is 4.52 Å². The van der Waals surface area contributed by atoms with Crippen LogP contribution in [0, 0.1) is 11.3 Å². The topological polar surface area (TPSA) is 70.5 Å². The number of rotatable bonds is 4. The zero-order valence-corrected chi connectivity index (χ0v) is 12.1. The molecule has 0 saturated heterocycles. The van der Waals surface area contributed by atoms with Gasteiger partial charge in [0.2, 0.25) is 0 Å². The van der Waals surface area contributed by atoms with Crippen LogP contribution in [0.4, 0.5) is 0 Å². The maximum atomic E-state index is 10.1. The Balaban J connectivity index is 2.22. The molecular formula is C14H17BN3O2. The number of hydrogen-bond acceptors (Lipinski definition) is 4. The lowest BCUT2D eigenvalue weighted by Crippen LogP contribution is -2.49. The fourth-order valence-electron chi connectivity index (χ4n) is 1.52. The van der Waals surface area contributed by atoms with E-state index in [-0.39, 0.29) is 0 Å². The average molecular weight is 270 g/mol. The van der Waals surface area contributed by atoms with Gasteiger partial charge in [0.05, 0.1) is 28.5 Å². The van der Waals surface area contributed by atoms with Crippen molar-refractivity contribution < 1.29 is 9.76 Å². The van der Waals surface area contributed by atoms with E-state index in [1.54, 1.807) is 31.9 Å². The van der Waals surface area contributed by atoms with E-state index < -0.39 is 11.2 Å². The van der Waals surface area contributed by atoms with Gasteiger partial charge >= 0.3 is 7.48 Å². The van der Waals surface area contributed by atoms with E-state index in [1.807, 2.05) is 26.0 Å². The number of fused-ring (bicyclic) bond motifs is 1. The monoisotopic (exact) mass is 270 g/mol. The molecule has 6 heteroatoms. The lowest BCUT2D eigenvalue weighted by atomic mass is 9.85. The Bertz CT molecular complexity index is 665. The molecule has 0 aromatic carbocycles. The van der Waals surface area contributed by atoms with Crippen molar-refractivity contribution in [2.24, 2.45) is 0 Å². The summed E-state index contributed by atoms with van der Waals surface area (Å²) in [5, 5.41) is 23.1. The van der Waals surface area contributed by atoms with Crippen molar-refractivity contribution in [1.82, 2.24) is 9.61 Å². The number of nitriles is 1. The minimum atomic E-state index is -0.974. The van der Waals surface area contributed by atoms with E-state index in [2.05, 4.69) is 11.2 Å². The van der Waals surface area contributed by atoms with Crippen LogP contribution < -0.4 is 5.59 Å². The first kappa shape index (κ1) is 14.6. The highest BCUT2D eigenvalue weighted by atomic mass is 16.5. The van der Waals surface area contributed by atoms with Crippen LogP contribution in [0.25, 0.3) is 5.52 Å². The summed E-state index contributed by atoms with van der Waals surface area (Å²) in [5.41, 5.74) is 0.378. The van der Waals surface area contributed by atoms with Crippen molar-refractivity contribution in [3.63, 3.8) is 0 Å². The third kappa shape index (κ3) is 2.69. The van der Waals surface area contributed by atoms with Crippen LogP contribution in [-0.4, -0.2) is 33.4 Å². The van der Waals surface area contributed by atoms with Gasteiger partial charge in [-0.2, -0.15) is 10.4 Å². The van der Waals surface area contributed by atoms with Gasteiger partial charge in [-0.1, -0.05) is 0 Å². The van der Waals surface area contributed by atoms with Crippen molar-refractivity contribution in [3.05, 3.63) is 30.0 Å². The summed E-state index contributed by atoms with van der Waals surface area (Å²) in [7, 11) is 1.57. The van der Waals surface area contributed by atoms with Crippen LogP contribution >= 0.6 is 0 Å². The second-order valence-electron chi connectivity index (χ2n) is 5.76. The van der Waals surface area contributed by atoms with Gasteiger partial charge in [-0.3, -0.25) is 0 Å². The molecule has 0 atom stereocenters. The highest BCUT2D eigenvalue weighted by molar-refractivity contribution is 6.46. The summed E-state index contributed by atoms with van der Waals surface area (Å²) in [4.78, 5) is 0. The molecule has 0 aliphatic rings. The lowest BCUT2D eigenvalue weighted by Gasteiger charge is -2.37. The molecule has 0 spiro atoms. The van der Waals surface area contributed by atoms with Crippen LogP contribution in [0.15, 0.2) is 24.4 Å². The molecule has 0 aliphatic carbocycles. The number of hydrogen-bond donors (Lipinski definition) is 1. The van der Waals surface area contributed by atoms with Gasteiger partial charge in [-0.05, 0) is 45.9 Å². The Labute approximate surface area is 119 Å². The summed E-state index contributed by atoms with van der Waals surface area (Å²) >= 11 is 0. The minimum absolute atomic E-state index is 0.514. The molecule has 103 valence electrons. The molecule has 2 heterocycles. The third-order valence-corrected chi connectivity index (χ3v) is 3.61. The number of aliphatic hydroxyl groups is 1. The van der Waals surface area contributed by atoms with Crippen molar-refractivity contribution in [3.8, 4) is 6.07 Å². The van der Waals surface area contributed by atoms with E-state index in [4.69, 9.17) is 9.92 Å². The van der Waals surface area contributed by atoms with E-state index in [9.17, 15) is 5.11 Å². The van der Waals surface area contributed by atoms with Crippen LogP contribution in [0.5, 0.6) is 0 Å². The molecular weight excluding hydrogens is 253 g/mol. The molecule has 0 aliphatic heterocycles. The molecule has 0 saturated carbocycles. The fourth-order valence-corrected chi connectivity index (χ4v) is 1.52. The van der Waals surface area contributed by atoms with Crippen molar-refractivity contribution in [2.45, 2.75) is 38.9 Å². The Kier molecular flexibility index (Phi) is 3.59. The summed E-state index contributed by atoms with van der Waals surface area (Å²) in [6, 6.07) is 7.52. The second kappa shape index (κ2) is 4.93. The van der Waals surface area contributed by atoms with Crippen LogP contribution in [0.3, 0.4) is 0 Å². The SMILES string of the molecule is CC(C)(O)C(C)(C)O[B]c1ccc2cc(C#N)cnn12. The van der Waals surface area contributed by atoms with Gasteiger partial charge in [0, 0.05) is 5.59 Å². The van der Waals surface area contributed by atoms with Gasteiger partial charge in [-0.15, -0.1) is 0 Å². The molecule has 2 rings (SSSR count). The average Bonchev–Trinajstić information content (AvgIpc) is 2.77. The first-order chi connectivity index (χ1) is 9.24. The molecule has 0 bridgehead atoms. The number of aromatic nitrogens is 2. The molecule has 2 aromatic rings. The number of nitrogens with zero attached hydrogens (tertiary/aromatic N) is 3. The van der Waals surface area contributed by atoms with E-state index in [0.29, 0.717) is 5.56 Å². The molecule has 2 aromatic heterocycles. The van der Waals surface area contributed by atoms with Crippen molar-refractivity contribution in [1.29, 1.82) is 5.26 Å². The molecule has 1 radical (unpaired) electrons. The van der Waals surface area contributed by atoms with Gasteiger partial charge in [0.15, 0.2) is 0 Å². The Morgan fingerprint density at radius 3 is 2.65 bits per heavy atom. The molecule has 0 unspecified atom stereocenters. The normalized spacial score (nSPS) is 12.4. The lowest BCUT2D eigenvalue weighted by molar-refractivity contribution is -0.0893. The fraction of sp³-hybridized carbons (Fsp3) is 0.429. The molecule has 1 N–H and O–H groups in total. The first-order valence-electron chi connectivity index (χ1n) is 6.36. The van der Waals surface area contributed by atoms with Gasteiger partial charge in [0.25, 0.3) is 0 Å². The molecule has 20 heavy (non-hydrogen) atoms. The van der Waals surface area contributed by atoms with Crippen LogP contribution in [-0.2, 0) is 4.65 Å². The Morgan fingerprint density at radius 2 is 2.05 bits per heavy atom. The molecule has 0 fully saturated rings. The van der Waals surface area contributed by atoms with E-state index >= 15 is 0 Å². The van der Waals surface area contributed by atoms with Crippen molar-refractivity contribution >= 4 is 18.6 Å². The van der Waals surface area contributed by atoms with Crippen LogP contribution in [0.1, 0.15) is 33.3 Å². The van der Waals surface area contributed by atoms with Gasteiger partial charge in [0.1, 0.15) is 6.07 Å². The third-order valence-electron chi connectivity index (χ3n) is 3.61. The predicted octanol–water partition coefficient (Wildman–Crippen LogP) is 1.02. The molecule has 0 amide bonds. The summed E-state index contributed by atoms with van der Waals surface area (Å²) in [6.07, 6.45) is 1.51. The Morgan fingerprint density at radius 1 is 1.35 bits per heavy atom. The second-order valence-corrected chi connectivity index (χ2v) is 5.76. The Hall–Kier alpha value is -1.84. The zero-order chi connectivity index (χ0) is 15.0. The van der Waals surface area contributed by atoms with Gasteiger partial charge < -0.3 is 9.76 Å². The smallest absolute Gasteiger partial charge is 0.351 e. The largest absolute Gasteiger partial charge is 0.425 e. The van der Waals surface area contributed by atoms with E-state index in [0.717, 1.165) is 11.1 Å².